The molecule has 2 aromatic carbocycles. The van der Waals surface area contributed by atoms with Gasteiger partial charge in [-0.2, -0.15) is 0 Å². The van der Waals surface area contributed by atoms with Gasteiger partial charge in [0.05, 0.1) is 4.92 Å². The first kappa shape index (κ1) is 23.8. The third-order valence-corrected chi connectivity index (χ3v) is 6.05. The normalized spacial score (nSPS) is 12.3. The van der Waals surface area contributed by atoms with Crippen molar-refractivity contribution in [3.05, 3.63) is 75.6 Å². The fourth-order valence-corrected chi connectivity index (χ4v) is 4.32. The molecule has 0 N–H and O–H groups in total. The third-order valence-electron chi connectivity index (χ3n) is 5.02. The summed E-state index contributed by atoms with van der Waals surface area (Å²) in [7, 11) is 0. The maximum Gasteiger partial charge on any atom is 0.269 e. The van der Waals surface area contributed by atoms with E-state index >= 15 is 0 Å². The number of nitro benzene ring substituents is 1. The Labute approximate surface area is 193 Å². The van der Waals surface area contributed by atoms with E-state index in [4.69, 9.17) is 4.74 Å². The van der Waals surface area contributed by atoms with Gasteiger partial charge in [-0.05, 0) is 36.0 Å². The zero-order valence-corrected chi connectivity index (χ0v) is 20.0. The minimum Gasteiger partial charge on any atom is -0.482 e. The second-order valence-corrected chi connectivity index (χ2v) is 9.45. The first-order valence-electron chi connectivity index (χ1n) is 10.8. The van der Waals surface area contributed by atoms with E-state index in [0.29, 0.717) is 17.6 Å². The van der Waals surface area contributed by atoms with E-state index in [9.17, 15) is 10.1 Å². The van der Waals surface area contributed by atoms with Crippen molar-refractivity contribution in [2.24, 2.45) is 5.92 Å². The Morgan fingerprint density at radius 2 is 1.72 bits per heavy atom. The highest BCUT2D eigenvalue weighted by Crippen LogP contribution is 2.31. The van der Waals surface area contributed by atoms with Crippen molar-refractivity contribution in [1.29, 1.82) is 0 Å². The topological polar surface area (TPSA) is 83.1 Å². The van der Waals surface area contributed by atoms with Crippen LogP contribution in [-0.4, -0.2) is 19.7 Å². The van der Waals surface area contributed by atoms with Gasteiger partial charge in [0.25, 0.3) is 5.69 Å². The Kier molecular flexibility index (Phi) is 7.90. The molecule has 1 heterocycles. The smallest absolute Gasteiger partial charge is 0.269 e. The number of hydrogen-bond acceptors (Lipinski definition) is 6. The van der Waals surface area contributed by atoms with Gasteiger partial charge < -0.3 is 9.30 Å². The number of hydrogen-bond donors (Lipinski definition) is 0. The molecule has 32 heavy (non-hydrogen) atoms. The molecule has 0 aliphatic carbocycles. The molecule has 1 aromatic heterocycles. The molecule has 0 saturated heterocycles. The number of para-hydroxylation sites is 1. The molecule has 0 radical (unpaired) electrons. The van der Waals surface area contributed by atoms with Crippen LogP contribution in [0.4, 0.5) is 5.69 Å². The first-order valence-corrected chi connectivity index (χ1v) is 11.8. The molecule has 8 heteroatoms. The van der Waals surface area contributed by atoms with Crippen LogP contribution in [0.3, 0.4) is 0 Å². The van der Waals surface area contributed by atoms with E-state index in [-0.39, 0.29) is 16.7 Å². The van der Waals surface area contributed by atoms with Gasteiger partial charge in [0.15, 0.2) is 17.1 Å². The van der Waals surface area contributed by atoms with Crippen LogP contribution in [0.1, 0.15) is 63.6 Å². The fourth-order valence-electron chi connectivity index (χ4n) is 3.41. The number of benzene rings is 2. The van der Waals surface area contributed by atoms with Crippen LogP contribution in [-0.2, 0) is 12.3 Å². The number of rotatable bonds is 10. The molecule has 0 spiro atoms. The SMILES string of the molecule is CC(C)Cn1c(SCc2ccc([N+](=O)[O-])cc2)nnc1C(C)Oc1ccccc1C(C)C. The highest BCUT2D eigenvalue weighted by atomic mass is 32.2. The summed E-state index contributed by atoms with van der Waals surface area (Å²) in [6.07, 6.45) is -0.255. The van der Waals surface area contributed by atoms with E-state index in [1.165, 1.54) is 17.7 Å². The number of thioether (sulfide) groups is 1. The van der Waals surface area contributed by atoms with Gasteiger partial charge in [-0.1, -0.05) is 69.8 Å². The third kappa shape index (κ3) is 5.88. The number of non-ortho nitro benzene ring substituents is 1. The average molecular weight is 455 g/mol. The lowest BCUT2D eigenvalue weighted by molar-refractivity contribution is -0.384. The molecule has 0 amide bonds. The lowest BCUT2D eigenvalue weighted by Crippen LogP contribution is -2.15. The predicted molar refractivity (Wildman–Crippen MR) is 127 cm³/mol. The summed E-state index contributed by atoms with van der Waals surface area (Å²) >= 11 is 1.57. The molecule has 0 fully saturated rings. The van der Waals surface area contributed by atoms with Crippen LogP contribution in [0.2, 0.25) is 0 Å². The first-order chi connectivity index (χ1) is 15.3. The summed E-state index contributed by atoms with van der Waals surface area (Å²) in [5.41, 5.74) is 2.26. The Morgan fingerprint density at radius 3 is 2.34 bits per heavy atom. The van der Waals surface area contributed by atoms with E-state index in [1.807, 2.05) is 25.1 Å². The van der Waals surface area contributed by atoms with E-state index in [0.717, 1.165) is 28.8 Å². The minimum absolute atomic E-state index is 0.0941. The average Bonchev–Trinajstić information content (AvgIpc) is 3.14. The van der Waals surface area contributed by atoms with Gasteiger partial charge in [-0.3, -0.25) is 10.1 Å². The molecule has 0 saturated carbocycles. The highest BCUT2D eigenvalue weighted by Gasteiger charge is 2.21. The van der Waals surface area contributed by atoms with Crippen LogP contribution in [0.5, 0.6) is 5.75 Å². The molecule has 0 aliphatic heterocycles. The number of ether oxygens (including phenoxy) is 1. The van der Waals surface area contributed by atoms with Gasteiger partial charge in [-0.15, -0.1) is 10.2 Å². The van der Waals surface area contributed by atoms with E-state index in [1.54, 1.807) is 23.9 Å². The summed E-state index contributed by atoms with van der Waals surface area (Å²) in [4.78, 5) is 10.5. The quantitative estimate of drug-likeness (QED) is 0.200. The lowest BCUT2D eigenvalue weighted by Gasteiger charge is -2.20. The Balaban J connectivity index is 1.79. The van der Waals surface area contributed by atoms with E-state index < -0.39 is 0 Å². The zero-order valence-electron chi connectivity index (χ0n) is 19.2. The van der Waals surface area contributed by atoms with Gasteiger partial charge in [0, 0.05) is 24.4 Å². The number of nitrogens with zero attached hydrogens (tertiary/aromatic N) is 4. The van der Waals surface area contributed by atoms with Crippen molar-refractivity contribution >= 4 is 17.4 Å². The maximum absolute atomic E-state index is 10.9. The summed E-state index contributed by atoms with van der Waals surface area (Å²) in [6.45, 7) is 11.4. The van der Waals surface area contributed by atoms with Gasteiger partial charge in [0.2, 0.25) is 0 Å². The van der Waals surface area contributed by atoms with Crippen molar-refractivity contribution < 1.29 is 9.66 Å². The van der Waals surface area contributed by atoms with Crippen molar-refractivity contribution in [1.82, 2.24) is 14.8 Å². The fraction of sp³-hybridized carbons (Fsp3) is 0.417. The second kappa shape index (κ2) is 10.6. The van der Waals surface area contributed by atoms with Crippen molar-refractivity contribution in [2.75, 3.05) is 0 Å². The van der Waals surface area contributed by atoms with Crippen LogP contribution in [0.25, 0.3) is 0 Å². The lowest BCUT2D eigenvalue weighted by atomic mass is 10.0. The molecular weight excluding hydrogens is 424 g/mol. The molecular formula is C24H30N4O3S. The van der Waals surface area contributed by atoms with Crippen molar-refractivity contribution in [3.8, 4) is 5.75 Å². The second-order valence-electron chi connectivity index (χ2n) is 8.51. The standard InChI is InChI=1S/C24H30N4O3S/c1-16(2)14-27-23(18(5)31-22-9-7-6-8-21(22)17(3)4)25-26-24(27)32-15-19-10-12-20(13-11-19)28(29)30/h6-13,16-18H,14-15H2,1-5H3. The van der Waals surface area contributed by atoms with Gasteiger partial charge >= 0.3 is 0 Å². The van der Waals surface area contributed by atoms with Gasteiger partial charge in [-0.25, -0.2) is 0 Å². The Bertz CT molecular complexity index is 1050. The van der Waals surface area contributed by atoms with Gasteiger partial charge in [0.1, 0.15) is 5.75 Å². The Hall–Kier alpha value is -2.87. The van der Waals surface area contributed by atoms with Crippen molar-refractivity contribution in [2.45, 2.75) is 64.1 Å². The molecule has 0 bridgehead atoms. The zero-order chi connectivity index (χ0) is 23.3. The molecule has 3 aromatic rings. The summed E-state index contributed by atoms with van der Waals surface area (Å²) in [5.74, 6) is 3.09. The van der Waals surface area contributed by atoms with Crippen LogP contribution < -0.4 is 4.74 Å². The molecule has 1 atom stereocenters. The number of nitro groups is 1. The van der Waals surface area contributed by atoms with Crippen LogP contribution in [0, 0.1) is 16.0 Å². The van der Waals surface area contributed by atoms with Crippen LogP contribution in [0.15, 0.2) is 53.7 Å². The predicted octanol–water partition coefficient (Wildman–Crippen LogP) is 6.40. The molecule has 0 aliphatic rings. The monoisotopic (exact) mass is 454 g/mol. The molecule has 170 valence electrons. The minimum atomic E-state index is -0.388. The maximum atomic E-state index is 10.9. The molecule has 1 unspecified atom stereocenters. The highest BCUT2D eigenvalue weighted by molar-refractivity contribution is 7.98. The molecule has 7 nitrogen and oxygen atoms in total. The van der Waals surface area contributed by atoms with Crippen LogP contribution >= 0.6 is 11.8 Å². The Morgan fingerprint density at radius 1 is 1.03 bits per heavy atom. The number of aromatic nitrogens is 3. The largest absolute Gasteiger partial charge is 0.482 e. The molecule has 3 rings (SSSR count). The summed E-state index contributed by atoms with van der Waals surface area (Å²) < 4.78 is 8.46. The van der Waals surface area contributed by atoms with E-state index in [2.05, 4.69) is 48.5 Å². The summed E-state index contributed by atoms with van der Waals surface area (Å²) in [5, 5.41) is 20.6. The van der Waals surface area contributed by atoms with Crippen molar-refractivity contribution in [3.63, 3.8) is 0 Å². The summed E-state index contributed by atoms with van der Waals surface area (Å²) in [6, 6.07) is 14.7.